The number of methoxy groups -OCH3 is 1. The molecule has 0 spiro atoms. The van der Waals surface area contributed by atoms with Crippen LogP contribution in [-0.4, -0.2) is 22.7 Å². The third-order valence-corrected chi connectivity index (χ3v) is 4.85. The fraction of sp³-hybridized carbons (Fsp3) is 0.316. The van der Waals surface area contributed by atoms with Gasteiger partial charge in [-0.15, -0.1) is 0 Å². The van der Waals surface area contributed by atoms with Gasteiger partial charge in [-0.3, -0.25) is 0 Å². The molecule has 118 valence electrons. The van der Waals surface area contributed by atoms with E-state index in [-0.39, 0.29) is 0 Å². The molecule has 0 radical (unpaired) electrons. The van der Waals surface area contributed by atoms with Crippen molar-refractivity contribution >= 4 is 10.8 Å². The summed E-state index contributed by atoms with van der Waals surface area (Å²) >= 11 is 0. The Bertz CT molecular complexity index is 840. The molecular weight excluding hydrogens is 286 g/mol. The van der Waals surface area contributed by atoms with Crippen molar-refractivity contribution in [2.75, 3.05) is 7.11 Å². The van der Waals surface area contributed by atoms with Crippen molar-refractivity contribution in [2.24, 2.45) is 5.73 Å². The summed E-state index contributed by atoms with van der Waals surface area (Å²) in [5, 5.41) is 2.28. The lowest BCUT2D eigenvalue weighted by Gasteiger charge is -2.17. The number of hydrogen-bond acceptors (Lipinski definition) is 3. The van der Waals surface area contributed by atoms with Gasteiger partial charge >= 0.3 is 0 Å². The molecule has 0 unspecified atom stereocenters. The van der Waals surface area contributed by atoms with Gasteiger partial charge in [-0.2, -0.15) is 0 Å². The van der Waals surface area contributed by atoms with Crippen molar-refractivity contribution < 1.29 is 4.74 Å². The number of nitrogens with two attached hydrogens (primary N) is 1. The maximum absolute atomic E-state index is 6.10. The number of imidazole rings is 1. The predicted octanol–water partition coefficient (Wildman–Crippen LogP) is 3.76. The fourth-order valence-electron chi connectivity index (χ4n) is 3.71. The Balaban J connectivity index is 1.86. The molecular formula is C19H21N3O. The minimum atomic E-state index is 0.308. The first kappa shape index (κ1) is 14.3. The highest BCUT2D eigenvalue weighted by atomic mass is 16.5. The molecule has 1 aromatic heterocycles. The molecule has 0 amide bonds. The van der Waals surface area contributed by atoms with E-state index in [2.05, 4.69) is 40.0 Å². The standard InChI is InChI=1S/C19H21N3O/c1-23-18-9-8-17(15-4-2-3-5-16(15)18)19-21-10-11-22(19)14-7-6-13(20)12-14/h2-5,8-11,13-14H,6-7,12,20H2,1H3/t13-,14+/m0/s1. The van der Waals surface area contributed by atoms with Gasteiger partial charge in [-0.05, 0) is 36.8 Å². The summed E-state index contributed by atoms with van der Waals surface area (Å²) in [5.74, 6) is 1.91. The number of nitrogens with zero attached hydrogens (tertiary/aromatic N) is 2. The second-order valence-corrected chi connectivity index (χ2v) is 6.25. The van der Waals surface area contributed by atoms with Crippen molar-refractivity contribution in [2.45, 2.75) is 31.3 Å². The van der Waals surface area contributed by atoms with Crippen LogP contribution in [-0.2, 0) is 0 Å². The molecule has 4 rings (SSSR count). The molecule has 2 atom stereocenters. The monoisotopic (exact) mass is 307 g/mol. The Morgan fingerprint density at radius 2 is 1.96 bits per heavy atom. The zero-order valence-electron chi connectivity index (χ0n) is 13.3. The summed E-state index contributed by atoms with van der Waals surface area (Å²) < 4.78 is 7.79. The second kappa shape index (κ2) is 5.70. The molecule has 2 aromatic carbocycles. The van der Waals surface area contributed by atoms with E-state index in [1.807, 2.05) is 18.3 Å². The zero-order chi connectivity index (χ0) is 15.8. The summed E-state index contributed by atoms with van der Waals surface area (Å²) in [6, 6.07) is 13.2. The number of benzene rings is 2. The lowest BCUT2D eigenvalue weighted by atomic mass is 10.0. The number of ether oxygens (including phenoxy) is 1. The van der Waals surface area contributed by atoms with Crippen LogP contribution >= 0.6 is 0 Å². The average molecular weight is 307 g/mol. The molecule has 1 fully saturated rings. The Labute approximate surface area is 135 Å². The highest BCUT2D eigenvalue weighted by molar-refractivity contribution is 5.98. The van der Waals surface area contributed by atoms with Crippen LogP contribution in [0.15, 0.2) is 48.8 Å². The smallest absolute Gasteiger partial charge is 0.140 e. The van der Waals surface area contributed by atoms with Crippen molar-refractivity contribution in [1.29, 1.82) is 0 Å². The van der Waals surface area contributed by atoms with E-state index in [9.17, 15) is 0 Å². The Kier molecular flexibility index (Phi) is 3.54. The Morgan fingerprint density at radius 1 is 1.13 bits per heavy atom. The number of fused-ring (bicyclic) bond motifs is 1. The molecule has 2 N–H and O–H groups in total. The Morgan fingerprint density at radius 3 is 2.70 bits per heavy atom. The van der Waals surface area contributed by atoms with Crippen LogP contribution in [0.2, 0.25) is 0 Å². The van der Waals surface area contributed by atoms with Gasteiger partial charge in [0.25, 0.3) is 0 Å². The summed E-state index contributed by atoms with van der Waals surface area (Å²) in [7, 11) is 1.71. The molecule has 1 saturated carbocycles. The first-order valence-corrected chi connectivity index (χ1v) is 8.12. The van der Waals surface area contributed by atoms with Gasteiger partial charge in [0.2, 0.25) is 0 Å². The van der Waals surface area contributed by atoms with Gasteiger partial charge in [-0.1, -0.05) is 24.3 Å². The van der Waals surface area contributed by atoms with E-state index in [0.29, 0.717) is 12.1 Å². The number of aromatic nitrogens is 2. The van der Waals surface area contributed by atoms with Gasteiger partial charge < -0.3 is 15.0 Å². The summed E-state index contributed by atoms with van der Waals surface area (Å²) in [4.78, 5) is 4.64. The maximum Gasteiger partial charge on any atom is 0.140 e. The quantitative estimate of drug-likeness (QED) is 0.801. The molecule has 1 aliphatic rings. The van der Waals surface area contributed by atoms with E-state index in [1.165, 1.54) is 5.39 Å². The number of rotatable bonds is 3. The molecule has 0 aliphatic heterocycles. The van der Waals surface area contributed by atoms with Crippen molar-refractivity contribution in [1.82, 2.24) is 9.55 Å². The summed E-state index contributed by atoms with van der Waals surface area (Å²) in [5.41, 5.74) is 7.24. The third-order valence-electron chi connectivity index (χ3n) is 4.85. The third kappa shape index (κ3) is 2.39. The second-order valence-electron chi connectivity index (χ2n) is 6.25. The summed E-state index contributed by atoms with van der Waals surface area (Å²) in [6.07, 6.45) is 7.21. The minimum absolute atomic E-state index is 0.308. The lowest BCUT2D eigenvalue weighted by molar-refractivity contribution is 0.420. The van der Waals surface area contributed by atoms with Gasteiger partial charge in [0, 0.05) is 35.4 Å². The maximum atomic E-state index is 6.10. The molecule has 23 heavy (non-hydrogen) atoms. The highest BCUT2D eigenvalue weighted by Crippen LogP contribution is 2.37. The van der Waals surface area contributed by atoms with Crippen LogP contribution in [0, 0.1) is 0 Å². The first-order chi connectivity index (χ1) is 11.3. The molecule has 1 heterocycles. The normalized spacial score (nSPS) is 21.0. The van der Waals surface area contributed by atoms with Crippen LogP contribution in [0.5, 0.6) is 5.75 Å². The van der Waals surface area contributed by atoms with Gasteiger partial charge in [0.05, 0.1) is 7.11 Å². The average Bonchev–Trinajstić information content (AvgIpc) is 3.22. The van der Waals surface area contributed by atoms with E-state index < -0.39 is 0 Å². The van der Waals surface area contributed by atoms with Crippen LogP contribution in [0.1, 0.15) is 25.3 Å². The highest BCUT2D eigenvalue weighted by Gasteiger charge is 2.25. The molecule has 4 nitrogen and oxygen atoms in total. The predicted molar refractivity (Wildman–Crippen MR) is 92.6 cm³/mol. The lowest BCUT2D eigenvalue weighted by Crippen LogP contribution is -2.16. The molecule has 0 bridgehead atoms. The van der Waals surface area contributed by atoms with Crippen LogP contribution in [0.3, 0.4) is 0 Å². The largest absolute Gasteiger partial charge is 0.496 e. The summed E-state index contributed by atoms with van der Waals surface area (Å²) in [6.45, 7) is 0. The van der Waals surface area contributed by atoms with E-state index in [0.717, 1.165) is 41.8 Å². The van der Waals surface area contributed by atoms with Gasteiger partial charge in [-0.25, -0.2) is 4.98 Å². The van der Waals surface area contributed by atoms with Crippen LogP contribution < -0.4 is 10.5 Å². The first-order valence-electron chi connectivity index (χ1n) is 8.12. The number of hydrogen-bond donors (Lipinski definition) is 1. The molecule has 0 saturated heterocycles. The van der Waals surface area contributed by atoms with E-state index in [4.69, 9.17) is 10.5 Å². The van der Waals surface area contributed by atoms with Gasteiger partial charge in [0.15, 0.2) is 0 Å². The van der Waals surface area contributed by atoms with Crippen LogP contribution in [0.25, 0.3) is 22.2 Å². The zero-order valence-corrected chi connectivity index (χ0v) is 13.3. The van der Waals surface area contributed by atoms with Crippen LogP contribution in [0.4, 0.5) is 0 Å². The van der Waals surface area contributed by atoms with Crippen molar-refractivity contribution in [3.63, 3.8) is 0 Å². The van der Waals surface area contributed by atoms with Crippen molar-refractivity contribution in [3.8, 4) is 17.1 Å². The fourth-order valence-corrected chi connectivity index (χ4v) is 3.71. The molecule has 4 heteroatoms. The molecule has 3 aromatic rings. The Hall–Kier alpha value is -2.33. The van der Waals surface area contributed by atoms with E-state index >= 15 is 0 Å². The SMILES string of the molecule is COc1ccc(-c2nccn2[C@@H]2CC[C@H](N)C2)c2ccccc12. The minimum Gasteiger partial charge on any atom is -0.496 e. The van der Waals surface area contributed by atoms with Crippen molar-refractivity contribution in [3.05, 3.63) is 48.8 Å². The molecule has 1 aliphatic carbocycles. The van der Waals surface area contributed by atoms with E-state index in [1.54, 1.807) is 7.11 Å². The topological polar surface area (TPSA) is 53.1 Å². The van der Waals surface area contributed by atoms with Gasteiger partial charge in [0.1, 0.15) is 11.6 Å².